The lowest BCUT2D eigenvalue weighted by molar-refractivity contribution is -0.119. The number of aliphatic imine (C=N–C) groups is 1. The standard InChI is InChI=1S/C15H10F3N3/c16-15(17,18)20-14(11-4-2-1-3-5-11)21-9-7-12-10-19-8-6-13(12)21/h1-10H/b20-14+. The highest BCUT2D eigenvalue weighted by Gasteiger charge is 2.28. The van der Waals surface area contributed by atoms with E-state index in [1.807, 2.05) is 0 Å². The molecule has 21 heavy (non-hydrogen) atoms. The lowest BCUT2D eigenvalue weighted by Crippen LogP contribution is -2.17. The van der Waals surface area contributed by atoms with E-state index < -0.39 is 6.30 Å². The number of pyridine rings is 1. The SMILES string of the molecule is FC(F)(F)/N=C(\c1ccccc1)n1ccc2cnccc21. The summed E-state index contributed by atoms with van der Waals surface area (Å²) in [5.74, 6) is -0.163. The molecule has 1 aromatic carbocycles. The summed E-state index contributed by atoms with van der Waals surface area (Å²) in [5, 5.41) is 0.753. The van der Waals surface area contributed by atoms with Gasteiger partial charge in [0.2, 0.25) is 0 Å². The maximum atomic E-state index is 12.8. The van der Waals surface area contributed by atoms with Gasteiger partial charge in [-0.2, -0.15) is 4.99 Å². The first-order valence-corrected chi connectivity index (χ1v) is 6.18. The van der Waals surface area contributed by atoms with Gasteiger partial charge in [0, 0.05) is 29.5 Å². The molecule has 0 N–H and O–H groups in total. The van der Waals surface area contributed by atoms with Crippen molar-refractivity contribution in [2.45, 2.75) is 6.30 Å². The van der Waals surface area contributed by atoms with Crippen LogP contribution in [0.25, 0.3) is 10.9 Å². The summed E-state index contributed by atoms with van der Waals surface area (Å²) in [5.41, 5.74) is 1.01. The quantitative estimate of drug-likeness (QED) is 0.380. The van der Waals surface area contributed by atoms with E-state index in [0.29, 0.717) is 11.1 Å². The molecule has 0 atom stereocenters. The third-order valence-electron chi connectivity index (χ3n) is 2.98. The number of halogens is 3. The third kappa shape index (κ3) is 2.79. The van der Waals surface area contributed by atoms with E-state index in [1.165, 1.54) is 10.8 Å². The number of rotatable bonds is 1. The highest BCUT2D eigenvalue weighted by molar-refractivity contribution is 6.05. The maximum Gasteiger partial charge on any atom is 0.505 e. The number of hydrogen-bond donors (Lipinski definition) is 0. The average molecular weight is 289 g/mol. The van der Waals surface area contributed by atoms with Crippen molar-refractivity contribution in [3.63, 3.8) is 0 Å². The van der Waals surface area contributed by atoms with Crippen molar-refractivity contribution in [3.8, 4) is 0 Å². The molecule has 3 rings (SSSR count). The van der Waals surface area contributed by atoms with Gasteiger partial charge in [0.1, 0.15) is 5.84 Å². The molecule has 3 nitrogen and oxygen atoms in total. The minimum Gasteiger partial charge on any atom is -0.301 e. The largest absolute Gasteiger partial charge is 0.505 e. The number of benzene rings is 1. The van der Waals surface area contributed by atoms with Crippen molar-refractivity contribution in [3.05, 3.63) is 66.6 Å². The smallest absolute Gasteiger partial charge is 0.301 e. The molecule has 0 saturated carbocycles. The Bertz CT molecular complexity index is 789. The summed E-state index contributed by atoms with van der Waals surface area (Å²) in [6.07, 6.45) is 0.0514. The Hall–Kier alpha value is -2.63. The molecule has 6 heteroatoms. The molecule has 0 unspecified atom stereocenters. The summed E-state index contributed by atoms with van der Waals surface area (Å²) in [4.78, 5) is 6.89. The van der Waals surface area contributed by atoms with Crippen molar-refractivity contribution in [1.82, 2.24) is 9.55 Å². The van der Waals surface area contributed by atoms with Crippen molar-refractivity contribution in [2.24, 2.45) is 4.99 Å². The molecule has 0 fully saturated rings. The zero-order chi connectivity index (χ0) is 14.9. The van der Waals surface area contributed by atoms with Gasteiger partial charge < -0.3 is 4.57 Å². The third-order valence-corrected chi connectivity index (χ3v) is 2.98. The molecule has 0 amide bonds. The first-order chi connectivity index (χ1) is 10.0. The lowest BCUT2D eigenvalue weighted by atomic mass is 10.2. The van der Waals surface area contributed by atoms with Gasteiger partial charge in [-0.05, 0) is 12.1 Å². The Balaban J connectivity index is 2.23. The first kappa shape index (κ1) is 13.4. The van der Waals surface area contributed by atoms with Crippen molar-refractivity contribution < 1.29 is 13.2 Å². The Kier molecular flexibility index (Phi) is 3.21. The normalized spacial score (nSPS) is 12.8. The molecule has 0 aliphatic rings. The van der Waals surface area contributed by atoms with Crippen LogP contribution in [0.1, 0.15) is 5.56 Å². The van der Waals surface area contributed by atoms with Crippen LogP contribution in [0.2, 0.25) is 0 Å². The van der Waals surface area contributed by atoms with E-state index in [1.54, 1.807) is 54.9 Å². The predicted octanol–water partition coefficient (Wildman–Crippen LogP) is 3.85. The van der Waals surface area contributed by atoms with Gasteiger partial charge in [-0.1, -0.05) is 30.3 Å². The van der Waals surface area contributed by atoms with E-state index in [2.05, 4.69) is 9.98 Å². The van der Waals surface area contributed by atoms with Crippen LogP contribution in [0.3, 0.4) is 0 Å². The van der Waals surface area contributed by atoms with Crippen LogP contribution >= 0.6 is 0 Å². The average Bonchev–Trinajstić information content (AvgIpc) is 2.89. The number of aromatic nitrogens is 2. The first-order valence-electron chi connectivity index (χ1n) is 6.18. The van der Waals surface area contributed by atoms with Crippen LogP contribution < -0.4 is 0 Å². The van der Waals surface area contributed by atoms with Crippen LogP contribution in [-0.4, -0.2) is 21.7 Å². The maximum absolute atomic E-state index is 12.8. The highest BCUT2D eigenvalue weighted by Crippen LogP contribution is 2.22. The van der Waals surface area contributed by atoms with Crippen LogP contribution in [0.5, 0.6) is 0 Å². The molecule has 0 aliphatic heterocycles. The van der Waals surface area contributed by atoms with E-state index in [9.17, 15) is 13.2 Å². The summed E-state index contributed by atoms with van der Waals surface area (Å²) in [6.45, 7) is 0. The number of alkyl halides is 3. The van der Waals surface area contributed by atoms with Crippen LogP contribution in [0, 0.1) is 0 Å². The minimum absolute atomic E-state index is 0.163. The zero-order valence-electron chi connectivity index (χ0n) is 10.7. The topological polar surface area (TPSA) is 30.2 Å². The molecule has 3 aromatic rings. The van der Waals surface area contributed by atoms with Gasteiger partial charge in [-0.25, -0.2) is 0 Å². The van der Waals surface area contributed by atoms with Gasteiger partial charge in [0.05, 0.1) is 5.52 Å². The molecule has 0 spiro atoms. The van der Waals surface area contributed by atoms with Crippen LogP contribution in [0.15, 0.2) is 66.0 Å². The molecule has 0 radical (unpaired) electrons. The molecule has 106 valence electrons. The second kappa shape index (κ2) is 5.05. The Morgan fingerprint density at radius 2 is 1.81 bits per heavy atom. The second-order valence-corrected chi connectivity index (χ2v) is 4.39. The van der Waals surface area contributed by atoms with E-state index in [4.69, 9.17) is 0 Å². The molecular weight excluding hydrogens is 279 g/mol. The van der Waals surface area contributed by atoms with E-state index in [-0.39, 0.29) is 5.84 Å². The van der Waals surface area contributed by atoms with E-state index in [0.717, 1.165) is 5.39 Å². The molecule has 0 bridgehead atoms. The van der Waals surface area contributed by atoms with Gasteiger partial charge >= 0.3 is 6.30 Å². The van der Waals surface area contributed by atoms with Gasteiger partial charge in [-0.3, -0.25) is 4.98 Å². The Labute approximate surface area is 118 Å². The fourth-order valence-corrected chi connectivity index (χ4v) is 2.13. The van der Waals surface area contributed by atoms with Crippen LogP contribution in [0.4, 0.5) is 13.2 Å². The van der Waals surface area contributed by atoms with Crippen molar-refractivity contribution in [1.29, 1.82) is 0 Å². The molecule has 2 aromatic heterocycles. The highest BCUT2D eigenvalue weighted by atomic mass is 19.4. The van der Waals surface area contributed by atoms with Gasteiger partial charge in [0.15, 0.2) is 0 Å². The predicted molar refractivity (Wildman–Crippen MR) is 74.2 cm³/mol. The lowest BCUT2D eigenvalue weighted by Gasteiger charge is -2.11. The Morgan fingerprint density at radius 1 is 1.05 bits per heavy atom. The molecule has 0 aliphatic carbocycles. The monoisotopic (exact) mass is 289 g/mol. The van der Waals surface area contributed by atoms with E-state index >= 15 is 0 Å². The van der Waals surface area contributed by atoms with Crippen molar-refractivity contribution in [2.75, 3.05) is 0 Å². The van der Waals surface area contributed by atoms with Crippen LogP contribution in [-0.2, 0) is 0 Å². The number of fused-ring (bicyclic) bond motifs is 1. The molecular formula is C15H10F3N3. The summed E-state index contributed by atoms with van der Waals surface area (Å²) in [7, 11) is 0. The molecule has 0 saturated heterocycles. The number of hydrogen-bond acceptors (Lipinski definition) is 2. The van der Waals surface area contributed by atoms with Gasteiger partial charge in [0.25, 0.3) is 0 Å². The summed E-state index contributed by atoms with van der Waals surface area (Å²) in [6, 6.07) is 11.6. The minimum atomic E-state index is -4.64. The zero-order valence-corrected chi connectivity index (χ0v) is 10.7. The van der Waals surface area contributed by atoms with Gasteiger partial charge in [-0.15, -0.1) is 13.2 Å². The second-order valence-electron chi connectivity index (χ2n) is 4.39. The molecule has 2 heterocycles. The van der Waals surface area contributed by atoms with Crippen molar-refractivity contribution >= 4 is 16.7 Å². The Morgan fingerprint density at radius 3 is 2.52 bits per heavy atom. The fraction of sp³-hybridized carbons (Fsp3) is 0.0667. The summed E-state index contributed by atoms with van der Waals surface area (Å²) < 4.78 is 39.7. The fourth-order valence-electron chi connectivity index (χ4n) is 2.13. The number of nitrogens with zero attached hydrogens (tertiary/aromatic N) is 3. The summed E-state index contributed by atoms with van der Waals surface area (Å²) >= 11 is 0.